The number of rotatable bonds is 4. The molecule has 21 heavy (non-hydrogen) atoms. The van der Waals surface area contributed by atoms with Crippen LogP contribution in [0.3, 0.4) is 0 Å². The average molecular weight is 369 g/mol. The van der Waals surface area contributed by atoms with Crippen LogP contribution in [0.5, 0.6) is 11.5 Å². The summed E-state index contributed by atoms with van der Waals surface area (Å²) in [5.74, 6) is 1.53. The SMILES string of the molecule is CN(Cc1csc(Br)c1)Cc1cc2c(cc1N)OCCO2. The molecule has 0 unspecified atom stereocenters. The largest absolute Gasteiger partial charge is 0.486 e. The molecule has 6 heteroatoms. The van der Waals surface area contributed by atoms with E-state index in [1.54, 1.807) is 11.3 Å². The second-order valence-electron chi connectivity index (χ2n) is 5.13. The first kappa shape index (κ1) is 14.7. The summed E-state index contributed by atoms with van der Waals surface area (Å²) >= 11 is 5.19. The van der Waals surface area contributed by atoms with Gasteiger partial charge in [-0.25, -0.2) is 0 Å². The number of halogens is 1. The summed E-state index contributed by atoms with van der Waals surface area (Å²) in [6.07, 6.45) is 0. The Kier molecular flexibility index (Phi) is 4.37. The summed E-state index contributed by atoms with van der Waals surface area (Å²) < 4.78 is 12.3. The van der Waals surface area contributed by atoms with E-state index in [0.29, 0.717) is 13.2 Å². The van der Waals surface area contributed by atoms with Crippen LogP contribution in [0.15, 0.2) is 27.4 Å². The number of ether oxygens (including phenoxy) is 2. The fourth-order valence-corrected chi connectivity index (χ4v) is 3.57. The number of fused-ring (bicyclic) bond motifs is 1. The van der Waals surface area contributed by atoms with E-state index in [0.717, 1.165) is 39.6 Å². The normalized spacial score (nSPS) is 13.7. The van der Waals surface area contributed by atoms with E-state index in [9.17, 15) is 0 Å². The quantitative estimate of drug-likeness (QED) is 0.839. The molecule has 1 aromatic heterocycles. The molecule has 0 amide bonds. The lowest BCUT2D eigenvalue weighted by Gasteiger charge is -2.22. The van der Waals surface area contributed by atoms with Crippen LogP contribution in [0, 0.1) is 0 Å². The van der Waals surface area contributed by atoms with Gasteiger partial charge in [0.05, 0.1) is 3.79 Å². The van der Waals surface area contributed by atoms with Gasteiger partial charge in [-0.05, 0) is 51.6 Å². The first-order chi connectivity index (χ1) is 10.1. The van der Waals surface area contributed by atoms with Crippen LogP contribution in [-0.2, 0) is 13.1 Å². The summed E-state index contributed by atoms with van der Waals surface area (Å²) in [4.78, 5) is 2.23. The van der Waals surface area contributed by atoms with E-state index in [-0.39, 0.29) is 0 Å². The maximum Gasteiger partial charge on any atom is 0.163 e. The van der Waals surface area contributed by atoms with Gasteiger partial charge >= 0.3 is 0 Å². The third kappa shape index (κ3) is 3.51. The Morgan fingerprint density at radius 3 is 2.57 bits per heavy atom. The summed E-state index contributed by atoms with van der Waals surface area (Å²) in [6.45, 7) is 2.83. The molecule has 0 saturated heterocycles. The average Bonchev–Trinajstić information content (AvgIpc) is 2.85. The minimum Gasteiger partial charge on any atom is -0.486 e. The third-order valence-corrected chi connectivity index (χ3v) is 4.87. The number of hydrogen-bond donors (Lipinski definition) is 1. The Balaban J connectivity index is 1.71. The van der Waals surface area contributed by atoms with Gasteiger partial charge in [-0.3, -0.25) is 4.90 Å². The fraction of sp³-hybridized carbons (Fsp3) is 0.333. The zero-order chi connectivity index (χ0) is 14.8. The smallest absolute Gasteiger partial charge is 0.163 e. The molecule has 0 radical (unpaired) electrons. The van der Waals surface area contributed by atoms with Crippen molar-refractivity contribution in [1.29, 1.82) is 0 Å². The number of hydrogen-bond acceptors (Lipinski definition) is 5. The molecule has 0 bridgehead atoms. The Labute approximate surface area is 136 Å². The lowest BCUT2D eigenvalue weighted by Crippen LogP contribution is -2.19. The highest BCUT2D eigenvalue weighted by molar-refractivity contribution is 9.11. The van der Waals surface area contributed by atoms with Crippen LogP contribution in [0.2, 0.25) is 0 Å². The molecule has 0 atom stereocenters. The zero-order valence-electron chi connectivity index (χ0n) is 11.8. The van der Waals surface area contributed by atoms with Crippen molar-refractivity contribution in [3.05, 3.63) is 38.5 Å². The molecule has 0 aliphatic carbocycles. The second-order valence-corrected chi connectivity index (χ2v) is 7.42. The van der Waals surface area contributed by atoms with Crippen molar-refractivity contribution in [3.8, 4) is 11.5 Å². The van der Waals surface area contributed by atoms with Gasteiger partial charge in [-0.2, -0.15) is 0 Å². The number of thiophene rings is 1. The molecule has 0 fully saturated rings. The van der Waals surface area contributed by atoms with E-state index in [1.807, 2.05) is 12.1 Å². The predicted octanol–water partition coefficient (Wildman–Crippen LogP) is 3.50. The van der Waals surface area contributed by atoms with Gasteiger partial charge in [-0.15, -0.1) is 11.3 Å². The van der Waals surface area contributed by atoms with Gasteiger partial charge in [0.25, 0.3) is 0 Å². The topological polar surface area (TPSA) is 47.7 Å². The first-order valence-electron chi connectivity index (χ1n) is 6.71. The first-order valence-corrected chi connectivity index (χ1v) is 8.38. The van der Waals surface area contributed by atoms with Crippen molar-refractivity contribution in [2.24, 2.45) is 0 Å². The molecule has 4 nitrogen and oxygen atoms in total. The Bertz CT molecular complexity index is 645. The Hall–Kier alpha value is -1.24. The third-order valence-electron chi connectivity index (χ3n) is 3.32. The van der Waals surface area contributed by atoms with Crippen molar-refractivity contribution in [2.45, 2.75) is 13.1 Å². The highest BCUT2D eigenvalue weighted by atomic mass is 79.9. The van der Waals surface area contributed by atoms with Crippen LogP contribution in [-0.4, -0.2) is 25.2 Å². The van der Waals surface area contributed by atoms with E-state index < -0.39 is 0 Å². The Morgan fingerprint density at radius 1 is 1.19 bits per heavy atom. The molecule has 112 valence electrons. The van der Waals surface area contributed by atoms with Gasteiger partial charge in [0.15, 0.2) is 11.5 Å². The fourth-order valence-electron chi connectivity index (χ4n) is 2.37. The molecule has 2 heterocycles. The second kappa shape index (κ2) is 6.25. The number of nitrogen functional groups attached to an aromatic ring is 1. The maximum atomic E-state index is 6.12. The van der Waals surface area contributed by atoms with Crippen LogP contribution >= 0.6 is 27.3 Å². The van der Waals surface area contributed by atoms with Crippen molar-refractivity contribution < 1.29 is 9.47 Å². The molecule has 1 aliphatic rings. The van der Waals surface area contributed by atoms with E-state index in [2.05, 4.69) is 39.3 Å². The van der Waals surface area contributed by atoms with E-state index >= 15 is 0 Å². The highest BCUT2D eigenvalue weighted by Crippen LogP contribution is 2.35. The van der Waals surface area contributed by atoms with Gasteiger partial charge in [-0.1, -0.05) is 0 Å². The minimum absolute atomic E-state index is 0.582. The molecule has 1 aromatic carbocycles. The van der Waals surface area contributed by atoms with Crippen LogP contribution < -0.4 is 15.2 Å². The monoisotopic (exact) mass is 368 g/mol. The minimum atomic E-state index is 0.582. The van der Waals surface area contributed by atoms with Crippen LogP contribution in [0.25, 0.3) is 0 Å². The predicted molar refractivity (Wildman–Crippen MR) is 89.0 cm³/mol. The van der Waals surface area contributed by atoms with Crippen molar-refractivity contribution >= 4 is 33.0 Å². The highest BCUT2D eigenvalue weighted by Gasteiger charge is 2.15. The summed E-state index contributed by atoms with van der Waals surface area (Å²) in [6, 6.07) is 6.00. The van der Waals surface area contributed by atoms with Crippen molar-refractivity contribution in [1.82, 2.24) is 4.90 Å². The molecule has 2 N–H and O–H groups in total. The molecular weight excluding hydrogens is 352 g/mol. The van der Waals surface area contributed by atoms with Crippen molar-refractivity contribution in [2.75, 3.05) is 26.0 Å². The maximum absolute atomic E-state index is 6.12. The molecule has 2 aromatic rings. The number of nitrogens with zero attached hydrogens (tertiary/aromatic N) is 1. The molecule has 3 rings (SSSR count). The lowest BCUT2D eigenvalue weighted by molar-refractivity contribution is 0.171. The number of anilines is 1. The molecule has 0 spiro atoms. The standard InChI is InChI=1S/C15H17BrN2O2S/c1-18(7-10-4-15(16)21-9-10)8-11-5-13-14(6-12(11)17)20-3-2-19-13/h4-6,9H,2-3,7-8,17H2,1H3. The summed E-state index contributed by atoms with van der Waals surface area (Å²) in [5.41, 5.74) is 9.23. The molecular formula is C15H17BrN2O2S. The van der Waals surface area contributed by atoms with Gasteiger partial charge in [0, 0.05) is 24.8 Å². The van der Waals surface area contributed by atoms with Gasteiger partial charge in [0.1, 0.15) is 13.2 Å². The van der Waals surface area contributed by atoms with E-state index in [1.165, 1.54) is 5.56 Å². The number of benzene rings is 1. The summed E-state index contributed by atoms with van der Waals surface area (Å²) in [5, 5.41) is 2.16. The molecule has 1 aliphatic heterocycles. The zero-order valence-corrected chi connectivity index (χ0v) is 14.2. The molecule has 0 saturated carbocycles. The lowest BCUT2D eigenvalue weighted by atomic mass is 10.1. The Morgan fingerprint density at radius 2 is 1.90 bits per heavy atom. The number of nitrogens with two attached hydrogens (primary N) is 1. The van der Waals surface area contributed by atoms with E-state index in [4.69, 9.17) is 15.2 Å². The summed E-state index contributed by atoms with van der Waals surface area (Å²) in [7, 11) is 2.09. The van der Waals surface area contributed by atoms with Crippen LogP contribution in [0.4, 0.5) is 5.69 Å². The van der Waals surface area contributed by atoms with Gasteiger partial charge in [0.2, 0.25) is 0 Å². The van der Waals surface area contributed by atoms with Gasteiger partial charge < -0.3 is 15.2 Å². The van der Waals surface area contributed by atoms with Crippen molar-refractivity contribution in [3.63, 3.8) is 0 Å². The van der Waals surface area contributed by atoms with Crippen LogP contribution in [0.1, 0.15) is 11.1 Å².